The van der Waals surface area contributed by atoms with E-state index in [4.69, 9.17) is 0 Å². The van der Waals surface area contributed by atoms with Gasteiger partial charge in [0, 0.05) is 24.6 Å². The molecule has 2 rings (SSSR count). The number of amides is 1. The molecule has 1 aliphatic rings. The standard InChI is InChI=1S/C13H14F3NO/c1-7-10(14)6-11(17-8(2)18)9-4-3-5-13(15,16)12(7)9/h6H,3-5H2,1-2H3,(H,17,18). The van der Waals surface area contributed by atoms with Crippen molar-refractivity contribution in [1.29, 1.82) is 0 Å². The van der Waals surface area contributed by atoms with Gasteiger partial charge in [-0.1, -0.05) is 0 Å². The lowest BCUT2D eigenvalue weighted by Gasteiger charge is -2.29. The quantitative estimate of drug-likeness (QED) is 0.819. The van der Waals surface area contributed by atoms with Crippen LogP contribution in [0.3, 0.4) is 0 Å². The topological polar surface area (TPSA) is 29.1 Å². The fourth-order valence-electron chi connectivity index (χ4n) is 2.47. The normalized spacial score (nSPS) is 17.2. The van der Waals surface area contributed by atoms with Crippen LogP contribution in [0.2, 0.25) is 0 Å². The Bertz CT molecular complexity index is 511. The Labute approximate surface area is 103 Å². The fourth-order valence-corrected chi connectivity index (χ4v) is 2.47. The Kier molecular flexibility index (Phi) is 3.09. The van der Waals surface area contributed by atoms with E-state index in [0.29, 0.717) is 18.4 Å². The van der Waals surface area contributed by atoms with E-state index in [0.717, 1.165) is 6.07 Å². The molecule has 0 bridgehead atoms. The number of rotatable bonds is 1. The molecule has 0 aliphatic heterocycles. The minimum absolute atomic E-state index is 0.0243. The monoisotopic (exact) mass is 257 g/mol. The first-order chi connectivity index (χ1) is 8.33. The lowest BCUT2D eigenvalue weighted by atomic mass is 9.84. The molecule has 0 saturated carbocycles. The van der Waals surface area contributed by atoms with Crippen molar-refractivity contribution < 1.29 is 18.0 Å². The summed E-state index contributed by atoms with van der Waals surface area (Å²) < 4.78 is 41.4. The molecule has 0 aromatic heterocycles. The molecule has 2 nitrogen and oxygen atoms in total. The van der Waals surface area contributed by atoms with Crippen molar-refractivity contribution in [1.82, 2.24) is 0 Å². The molecule has 1 aromatic rings. The molecule has 1 N–H and O–H groups in total. The number of nitrogens with one attached hydrogen (secondary N) is 1. The molecule has 1 aromatic carbocycles. The second kappa shape index (κ2) is 4.30. The molecule has 0 heterocycles. The summed E-state index contributed by atoms with van der Waals surface area (Å²) in [6.07, 6.45) is 0.489. The maximum atomic E-state index is 13.9. The second-order valence-corrected chi connectivity index (χ2v) is 4.62. The lowest BCUT2D eigenvalue weighted by Crippen LogP contribution is -2.25. The molecule has 0 saturated heterocycles. The van der Waals surface area contributed by atoms with Crippen LogP contribution in [0.4, 0.5) is 18.9 Å². The van der Waals surface area contributed by atoms with Crippen molar-refractivity contribution in [2.75, 3.05) is 5.32 Å². The van der Waals surface area contributed by atoms with E-state index in [2.05, 4.69) is 5.32 Å². The van der Waals surface area contributed by atoms with Crippen LogP contribution in [0, 0.1) is 12.7 Å². The smallest absolute Gasteiger partial charge is 0.273 e. The summed E-state index contributed by atoms with van der Waals surface area (Å²) in [4.78, 5) is 11.0. The van der Waals surface area contributed by atoms with Crippen LogP contribution in [-0.4, -0.2) is 5.91 Å². The highest BCUT2D eigenvalue weighted by molar-refractivity contribution is 5.90. The van der Waals surface area contributed by atoms with Gasteiger partial charge in [-0.3, -0.25) is 4.79 Å². The van der Waals surface area contributed by atoms with Crippen molar-refractivity contribution in [3.05, 3.63) is 28.6 Å². The highest BCUT2D eigenvalue weighted by atomic mass is 19.3. The number of benzene rings is 1. The molecule has 1 amide bonds. The third-order valence-electron chi connectivity index (χ3n) is 3.23. The fraction of sp³-hybridized carbons (Fsp3) is 0.462. The van der Waals surface area contributed by atoms with Crippen molar-refractivity contribution in [2.24, 2.45) is 0 Å². The predicted octanol–water partition coefficient (Wildman–Crippen LogP) is 3.52. The highest BCUT2D eigenvalue weighted by Gasteiger charge is 2.40. The first kappa shape index (κ1) is 12.9. The first-order valence-electron chi connectivity index (χ1n) is 5.81. The summed E-state index contributed by atoms with van der Waals surface area (Å²) in [6.45, 7) is 2.62. The average molecular weight is 257 g/mol. The number of fused-ring (bicyclic) bond motifs is 1. The predicted molar refractivity (Wildman–Crippen MR) is 62.3 cm³/mol. The average Bonchev–Trinajstić information content (AvgIpc) is 2.23. The molecular weight excluding hydrogens is 243 g/mol. The number of alkyl halides is 2. The Hall–Kier alpha value is -1.52. The largest absolute Gasteiger partial charge is 0.326 e. The molecule has 0 radical (unpaired) electrons. The summed E-state index contributed by atoms with van der Waals surface area (Å²) in [5, 5.41) is 2.43. The summed E-state index contributed by atoms with van der Waals surface area (Å²) in [6, 6.07) is 1.12. The summed E-state index contributed by atoms with van der Waals surface area (Å²) >= 11 is 0. The summed E-state index contributed by atoms with van der Waals surface area (Å²) in [7, 11) is 0. The van der Waals surface area contributed by atoms with Gasteiger partial charge in [-0.25, -0.2) is 13.2 Å². The Balaban J connectivity index is 2.66. The lowest BCUT2D eigenvalue weighted by molar-refractivity contribution is -0.114. The van der Waals surface area contributed by atoms with Crippen LogP contribution in [0.5, 0.6) is 0 Å². The van der Waals surface area contributed by atoms with Crippen LogP contribution < -0.4 is 5.32 Å². The van der Waals surface area contributed by atoms with Gasteiger partial charge in [0.1, 0.15) is 5.82 Å². The molecule has 0 unspecified atom stereocenters. The zero-order valence-corrected chi connectivity index (χ0v) is 10.2. The van der Waals surface area contributed by atoms with Gasteiger partial charge < -0.3 is 5.32 Å². The molecule has 1 aliphatic carbocycles. The number of hydrogen-bond acceptors (Lipinski definition) is 1. The van der Waals surface area contributed by atoms with Gasteiger partial charge in [-0.15, -0.1) is 0 Å². The van der Waals surface area contributed by atoms with E-state index >= 15 is 0 Å². The van der Waals surface area contributed by atoms with E-state index in [1.54, 1.807) is 0 Å². The molecule has 18 heavy (non-hydrogen) atoms. The van der Waals surface area contributed by atoms with E-state index in [9.17, 15) is 18.0 Å². The number of anilines is 1. The van der Waals surface area contributed by atoms with Gasteiger partial charge in [0.15, 0.2) is 0 Å². The number of hydrogen-bond donors (Lipinski definition) is 1. The molecule has 98 valence electrons. The van der Waals surface area contributed by atoms with E-state index < -0.39 is 17.6 Å². The zero-order valence-electron chi connectivity index (χ0n) is 10.2. The Morgan fingerprint density at radius 3 is 2.72 bits per heavy atom. The zero-order chi connectivity index (χ0) is 13.5. The number of carbonyl (C=O) groups excluding carboxylic acids is 1. The van der Waals surface area contributed by atoms with Gasteiger partial charge in [-0.05, 0) is 37.0 Å². The van der Waals surface area contributed by atoms with Gasteiger partial charge in [-0.2, -0.15) is 0 Å². The molecule has 0 spiro atoms. The van der Waals surface area contributed by atoms with E-state index in [1.165, 1.54) is 13.8 Å². The Morgan fingerprint density at radius 1 is 1.44 bits per heavy atom. The van der Waals surface area contributed by atoms with Crippen molar-refractivity contribution >= 4 is 11.6 Å². The minimum Gasteiger partial charge on any atom is -0.326 e. The third kappa shape index (κ3) is 2.09. The summed E-state index contributed by atoms with van der Waals surface area (Å²) in [5.74, 6) is -4.12. The maximum absolute atomic E-state index is 13.9. The second-order valence-electron chi connectivity index (χ2n) is 4.62. The van der Waals surface area contributed by atoms with E-state index in [1.807, 2.05) is 0 Å². The van der Waals surface area contributed by atoms with Crippen LogP contribution in [-0.2, 0) is 17.1 Å². The van der Waals surface area contributed by atoms with E-state index in [-0.39, 0.29) is 23.2 Å². The highest BCUT2D eigenvalue weighted by Crippen LogP contribution is 2.45. The van der Waals surface area contributed by atoms with Crippen molar-refractivity contribution in [3.8, 4) is 0 Å². The van der Waals surface area contributed by atoms with Gasteiger partial charge in [0.05, 0.1) is 0 Å². The number of carbonyl (C=O) groups is 1. The van der Waals surface area contributed by atoms with Crippen LogP contribution in [0.25, 0.3) is 0 Å². The van der Waals surface area contributed by atoms with Gasteiger partial charge >= 0.3 is 0 Å². The van der Waals surface area contributed by atoms with Crippen molar-refractivity contribution in [3.63, 3.8) is 0 Å². The third-order valence-corrected chi connectivity index (χ3v) is 3.23. The number of halogens is 3. The van der Waals surface area contributed by atoms with Crippen molar-refractivity contribution in [2.45, 2.75) is 39.0 Å². The van der Waals surface area contributed by atoms with Gasteiger partial charge in [0.2, 0.25) is 5.91 Å². The maximum Gasteiger partial charge on any atom is 0.273 e. The molecule has 0 atom stereocenters. The first-order valence-corrected chi connectivity index (χ1v) is 5.81. The molecule has 0 fully saturated rings. The molecular formula is C13H14F3NO. The van der Waals surface area contributed by atoms with Crippen LogP contribution in [0.15, 0.2) is 6.07 Å². The Morgan fingerprint density at radius 2 is 2.11 bits per heavy atom. The minimum atomic E-state index is -3.02. The molecule has 5 heteroatoms. The van der Waals surface area contributed by atoms with Gasteiger partial charge in [0.25, 0.3) is 5.92 Å². The van der Waals surface area contributed by atoms with Crippen LogP contribution in [0.1, 0.15) is 36.5 Å². The summed E-state index contributed by atoms with van der Waals surface area (Å²) in [5.41, 5.74) is 0.252. The van der Waals surface area contributed by atoms with Crippen LogP contribution >= 0.6 is 0 Å². The SMILES string of the molecule is CC(=O)Nc1cc(F)c(C)c2c1CCCC2(F)F.